The van der Waals surface area contributed by atoms with Crippen LogP contribution in [-0.2, 0) is 19.0 Å². The van der Waals surface area contributed by atoms with Gasteiger partial charge < -0.3 is 24.2 Å². The standard InChI is InChI=1S/C23H31NO6/c1-3-29-23-18(7-6-14-25)19(16-8-10-17(11-9-16)22(27)28-2)15-20(30-23)21(26)24-12-4-5-13-24/h8-11,15,18-19,23,25H,3-7,12-14H2,1-2H3/t18-,19-,23-/m0/s1. The summed E-state index contributed by atoms with van der Waals surface area (Å²) < 4.78 is 16.7. The van der Waals surface area contributed by atoms with E-state index in [1.165, 1.54) is 7.11 Å². The van der Waals surface area contributed by atoms with Gasteiger partial charge in [0.25, 0.3) is 5.91 Å². The van der Waals surface area contributed by atoms with Crippen molar-refractivity contribution in [3.8, 4) is 0 Å². The van der Waals surface area contributed by atoms with Crippen molar-refractivity contribution in [2.75, 3.05) is 33.4 Å². The smallest absolute Gasteiger partial charge is 0.337 e. The minimum atomic E-state index is -0.571. The molecule has 2 aliphatic heterocycles. The number of hydrogen-bond donors (Lipinski definition) is 1. The van der Waals surface area contributed by atoms with E-state index in [0.29, 0.717) is 30.8 Å². The van der Waals surface area contributed by atoms with Gasteiger partial charge in [-0.25, -0.2) is 4.79 Å². The summed E-state index contributed by atoms with van der Waals surface area (Å²) in [7, 11) is 1.35. The normalized spacial score (nSPS) is 23.6. The van der Waals surface area contributed by atoms with Crippen LogP contribution in [0.4, 0.5) is 0 Å². The minimum Gasteiger partial charge on any atom is -0.465 e. The maximum atomic E-state index is 13.0. The first-order valence-corrected chi connectivity index (χ1v) is 10.7. The van der Waals surface area contributed by atoms with Gasteiger partial charge in [0.2, 0.25) is 6.29 Å². The van der Waals surface area contributed by atoms with Gasteiger partial charge in [-0.15, -0.1) is 0 Å². The molecule has 30 heavy (non-hydrogen) atoms. The van der Waals surface area contributed by atoms with Crippen LogP contribution in [0.5, 0.6) is 0 Å². The Morgan fingerprint density at radius 2 is 1.90 bits per heavy atom. The van der Waals surface area contributed by atoms with E-state index in [2.05, 4.69) is 0 Å². The van der Waals surface area contributed by atoms with E-state index in [9.17, 15) is 14.7 Å². The number of carbonyl (C=O) groups excluding carboxylic acids is 2. The molecule has 0 aliphatic carbocycles. The van der Waals surface area contributed by atoms with Crippen molar-refractivity contribution >= 4 is 11.9 Å². The molecule has 1 N–H and O–H groups in total. The molecule has 0 aromatic heterocycles. The summed E-state index contributed by atoms with van der Waals surface area (Å²) in [6.07, 6.45) is 4.62. The van der Waals surface area contributed by atoms with Gasteiger partial charge in [0.1, 0.15) is 0 Å². The molecule has 0 saturated carbocycles. The SMILES string of the molecule is CCO[C@H]1OC(C(=O)N2CCCC2)=C[C@@H](c2ccc(C(=O)OC)cc2)[C@@H]1CCCO. The molecule has 164 valence electrons. The fourth-order valence-electron chi connectivity index (χ4n) is 4.17. The highest BCUT2D eigenvalue weighted by atomic mass is 16.7. The van der Waals surface area contributed by atoms with Crippen LogP contribution in [0.15, 0.2) is 36.1 Å². The van der Waals surface area contributed by atoms with Crippen LogP contribution in [0.1, 0.15) is 54.4 Å². The number of carbonyl (C=O) groups is 2. The minimum absolute atomic E-state index is 0.0591. The molecular formula is C23H31NO6. The molecular weight excluding hydrogens is 386 g/mol. The third kappa shape index (κ3) is 5.02. The lowest BCUT2D eigenvalue weighted by Crippen LogP contribution is -2.39. The zero-order valence-corrected chi connectivity index (χ0v) is 17.7. The molecule has 3 rings (SSSR count). The van der Waals surface area contributed by atoms with Gasteiger partial charge in [-0.2, -0.15) is 0 Å². The highest BCUT2D eigenvalue weighted by Gasteiger charge is 2.39. The number of aliphatic hydroxyl groups excluding tert-OH is 1. The van der Waals surface area contributed by atoms with Gasteiger partial charge in [0.05, 0.1) is 12.7 Å². The summed E-state index contributed by atoms with van der Waals surface area (Å²) >= 11 is 0. The summed E-state index contributed by atoms with van der Waals surface area (Å²) in [5, 5.41) is 9.37. The molecule has 7 heteroatoms. The Bertz CT molecular complexity index is 753. The number of allylic oxidation sites excluding steroid dienone is 1. The molecule has 2 aliphatic rings. The average molecular weight is 418 g/mol. The summed E-state index contributed by atoms with van der Waals surface area (Å²) in [5.74, 6) is -0.365. The second-order valence-corrected chi connectivity index (χ2v) is 7.64. The van der Waals surface area contributed by atoms with E-state index in [4.69, 9.17) is 14.2 Å². The number of likely N-dealkylation sites (tertiary alicyclic amines) is 1. The molecule has 1 aromatic carbocycles. The Kier molecular flexibility index (Phi) is 7.87. The molecule has 1 amide bonds. The number of amides is 1. The predicted octanol–water partition coefficient (Wildman–Crippen LogP) is 2.84. The lowest BCUT2D eigenvalue weighted by atomic mass is 9.80. The monoisotopic (exact) mass is 417 g/mol. The van der Waals surface area contributed by atoms with Gasteiger partial charge in [-0.3, -0.25) is 4.79 Å². The number of nitrogens with zero attached hydrogens (tertiary/aromatic N) is 1. The molecule has 3 atom stereocenters. The van der Waals surface area contributed by atoms with Crippen LogP contribution in [0.25, 0.3) is 0 Å². The number of esters is 1. The third-order valence-corrected chi connectivity index (χ3v) is 5.73. The number of benzene rings is 1. The number of rotatable bonds is 8. The second-order valence-electron chi connectivity index (χ2n) is 7.64. The van der Waals surface area contributed by atoms with Crippen LogP contribution >= 0.6 is 0 Å². The Morgan fingerprint density at radius 1 is 1.20 bits per heavy atom. The van der Waals surface area contributed by atoms with E-state index >= 15 is 0 Å². The van der Waals surface area contributed by atoms with Crippen molar-refractivity contribution in [1.82, 2.24) is 4.90 Å². The molecule has 1 saturated heterocycles. The molecule has 0 spiro atoms. The lowest BCUT2D eigenvalue weighted by Gasteiger charge is -2.37. The zero-order chi connectivity index (χ0) is 21.5. The van der Waals surface area contributed by atoms with E-state index < -0.39 is 12.3 Å². The van der Waals surface area contributed by atoms with Gasteiger partial charge >= 0.3 is 5.97 Å². The predicted molar refractivity (Wildman–Crippen MR) is 111 cm³/mol. The Hall–Kier alpha value is -2.38. The fraction of sp³-hybridized carbons (Fsp3) is 0.565. The molecule has 1 aromatic rings. The lowest BCUT2D eigenvalue weighted by molar-refractivity contribution is -0.170. The Balaban J connectivity index is 1.94. The average Bonchev–Trinajstić information content (AvgIpc) is 3.32. The first kappa shape index (κ1) is 22.3. The summed E-state index contributed by atoms with van der Waals surface area (Å²) in [5.41, 5.74) is 1.43. The topological polar surface area (TPSA) is 85.3 Å². The van der Waals surface area contributed by atoms with Crippen molar-refractivity contribution in [2.45, 2.75) is 44.8 Å². The van der Waals surface area contributed by atoms with E-state index in [0.717, 1.165) is 31.5 Å². The molecule has 1 fully saturated rings. The second kappa shape index (κ2) is 10.6. The molecule has 0 bridgehead atoms. The number of methoxy groups -OCH3 is 1. The van der Waals surface area contributed by atoms with Crippen LogP contribution in [-0.4, -0.2) is 61.6 Å². The molecule has 7 nitrogen and oxygen atoms in total. The van der Waals surface area contributed by atoms with Crippen molar-refractivity contribution in [3.05, 3.63) is 47.2 Å². The van der Waals surface area contributed by atoms with Gasteiger partial charge in [0.15, 0.2) is 5.76 Å². The van der Waals surface area contributed by atoms with Crippen molar-refractivity contribution < 1.29 is 28.9 Å². The third-order valence-electron chi connectivity index (χ3n) is 5.73. The number of ether oxygens (including phenoxy) is 3. The van der Waals surface area contributed by atoms with Crippen LogP contribution in [0, 0.1) is 5.92 Å². The maximum Gasteiger partial charge on any atom is 0.337 e. The zero-order valence-electron chi connectivity index (χ0n) is 17.7. The molecule has 2 heterocycles. The summed E-state index contributed by atoms with van der Waals surface area (Å²) in [6.45, 7) is 3.91. The summed E-state index contributed by atoms with van der Waals surface area (Å²) in [4.78, 5) is 26.6. The molecule has 0 unspecified atom stereocenters. The van der Waals surface area contributed by atoms with E-state index in [-0.39, 0.29) is 24.3 Å². The first-order valence-electron chi connectivity index (χ1n) is 10.7. The van der Waals surface area contributed by atoms with Gasteiger partial charge in [-0.1, -0.05) is 12.1 Å². The Labute approximate surface area is 177 Å². The van der Waals surface area contributed by atoms with E-state index in [1.54, 1.807) is 12.1 Å². The quantitative estimate of drug-likeness (QED) is 0.655. The van der Waals surface area contributed by atoms with Gasteiger partial charge in [-0.05, 0) is 56.4 Å². The largest absolute Gasteiger partial charge is 0.465 e. The van der Waals surface area contributed by atoms with E-state index in [1.807, 2.05) is 30.0 Å². The number of aliphatic hydroxyl groups is 1. The van der Waals surface area contributed by atoms with Gasteiger partial charge in [0, 0.05) is 38.1 Å². The van der Waals surface area contributed by atoms with Crippen LogP contribution < -0.4 is 0 Å². The number of hydrogen-bond acceptors (Lipinski definition) is 6. The maximum absolute atomic E-state index is 13.0. The van der Waals surface area contributed by atoms with Crippen LogP contribution in [0.2, 0.25) is 0 Å². The fourth-order valence-corrected chi connectivity index (χ4v) is 4.17. The Morgan fingerprint density at radius 3 is 2.50 bits per heavy atom. The van der Waals surface area contributed by atoms with Crippen molar-refractivity contribution in [3.63, 3.8) is 0 Å². The first-order chi connectivity index (χ1) is 14.6. The highest BCUT2D eigenvalue weighted by molar-refractivity contribution is 5.92. The molecule has 0 radical (unpaired) electrons. The van der Waals surface area contributed by atoms with Crippen molar-refractivity contribution in [1.29, 1.82) is 0 Å². The highest BCUT2D eigenvalue weighted by Crippen LogP contribution is 2.40. The summed E-state index contributed by atoms with van der Waals surface area (Å²) in [6, 6.07) is 7.22. The van der Waals surface area contributed by atoms with Crippen LogP contribution in [0.3, 0.4) is 0 Å². The van der Waals surface area contributed by atoms with Crippen molar-refractivity contribution in [2.24, 2.45) is 5.92 Å².